The van der Waals surface area contributed by atoms with E-state index in [2.05, 4.69) is 25.1 Å². The fourth-order valence-electron chi connectivity index (χ4n) is 2.89. The van der Waals surface area contributed by atoms with Gasteiger partial charge in [0.15, 0.2) is 0 Å². The van der Waals surface area contributed by atoms with Crippen LogP contribution in [-0.4, -0.2) is 32.3 Å². The number of pyridine rings is 1. The average molecular weight is 395 g/mol. The van der Waals surface area contributed by atoms with Crippen LogP contribution >= 0.6 is 0 Å². The van der Waals surface area contributed by atoms with E-state index in [0.717, 1.165) is 10.9 Å². The highest BCUT2D eigenvalue weighted by Gasteiger charge is 2.17. The van der Waals surface area contributed by atoms with Crippen molar-refractivity contribution >= 4 is 22.5 Å². The molecule has 0 aliphatic rings. The first-order valence-electron chi connectivity index (χ1n) is 8.65. The van der Waals surface area contributed by atoms with Crippen molar-refractivity contribution in [2.75, 3.05) is 5.32 Å². The van der Waals surface area contributed by atoms with E-state index in [1.807, 2.05) is 12.1 Å². The molecule has 0 atom stereocenters. The van der Waals surface area contributed by atoms with E-state index < -0.39 is 12.5 Å². The molecule has 7 nitrogen and oxygen atoms in total. The zero-order valence-corrected chi connectivity index (χ0v) is 15.2. The molecular formula is C20H15F2N5O2. The summed E-state index contributed by atoms with van der Waals surface area (Å²) in [5.41, 5.74) is 1.92. The van der Waals surface area contributed by atoms with Gasteiger partial charge in [0.25, 0.3) is 5.91 Å². The Morgan fingerprint density at radius 1 is 1.10 bits per heavy atom. The summed E-state index contributed by atoms with van der Waals surface area (Å²) in [7, 11) is 0. The van der Waals surface area contributed by atoms with Gasteiger partial charge in [0, 0.05) is 11.6 Å². The smallest absolute Gasteiger partial charge is 0.387 e. The lowest BCUT2D eigenvalue weighted by atomic mass is 10.2. The van der Waals surface area contributed by atoms with E-state index in [1.165, 1.54) is 16.8 Å². The minimum Gasteiger partial charge on any atom is -0.435 e. The summed E-state index contributed by atoms with van der Waals surface area (Å²) in [6.07, 6.45) is 1.68. The number of halogens is 2. The number of hydrogen-bond donors (Lipinski definition) is 1. The maximum Gasteiger partial charge on any atom is 0.387 e. The van der Waals surface area contributed by atoms with Crippen molar-refractivity contribution in [3.8, 4) is 11.4 Å². The Hall–Kier alpha value is -3.88. The number of aromatic nitrogens is 4. The summed E-state index contributed by atoms with van der Waals surface area (Å²) < 4.78 is 30.3. The van der Waals surface area contributed by atoms with Crippen molar-refractivity contribution in [3.63, 3.8) is 0 Å². The van der Waals surface area contributed by atoms with Gasteiger partial charge in [-0.25, -0.2) is 9.67 Å². The van der Waals surface area contributed by atoms with Crippen molar-refractivity contribution < 1.29 is 18.3 Å². The number of benzene rings is 2. The number of aryl methyl sites for hydroxylation is 1. The van der Waals surface area contributed by atoms with Crippen molar-refractivity contribution in [1.82, 2.24) is 19.7 Å². The molecule has 29 heavy (non-hydrogen) atoms. The molecular weight excluding hydrogens is 380 g/mol. The molecule has 0 saturated heterocycles. The highest BCUT2D eigenvalue weighted by molar-refractivity contribution is 6.06. The van der Waals surface area contributed by atoms with Gasteiger partial charge in [0.05, 0.1) is 16.9 Å². The van der Waals surface area contributed by atoms with Crippen LogP contribution in [0, 0.1) is 6.92 Å². The van der Waals surface area contributed by atoms with Crippen LogP contribution < -0.4 is 10.1 Å². The lowest BCUT2D eigenvalue weighted by Gasteiger charge is -2.07. The maximum atomic E-state index is 12.7. The maximum absolute atomic E-state index is 12.7. The predicted octanol–water partition coefficient (Wildman–Crippen LogP) is 3.98. The second-order valence-corrected chi connectivity index (χ2v) is 6.10. The van der Waals surface area contributed by atoms with E-state index >= 15 is 0 Å². The first-order valence-corrected chi connectivity index (χ1v) is 8.65. The van der Waals surface area contributed by atoms with Crippen LogP contribution in [0.15, 0.2) is 60.8 Å². The molecule has 0 bridgehead atoms. The Morgan fingerprint density at radius 2 is 1.90 bits per heavy atom. The van der Waals surface area contributed by atoms with Crippen LogP contribution in [0.1, 0.15) is 16.4 Å². The number of rotatable bonds is 5. The van der Waals surface area contributed by atoms with Crippen molar-refractivity contribution in [2.24, 2.45) is 0 Å². The Morgan fingerprint density at radius 3 is 2.66 bits per heavy atom. The first-order chi connectivity index (χ1) is 14.0. The van der Waals surface area contributed by atoms with Gasteiger partial charge in [0.1, 0.15) is 11.6 Å². The number of hydrogen-bond acceptors (Lipinski definition) is 5. The van der Waals surface area contributed by atoms with Crippen LogP contribution in [0.25, 0.3) is 16.6 Å². The third-order valence-electron chi connectivity index (χ3n) is 4.17. The molecule has 0 saturated carbocycles. The summed E-state index contributed by atoms with van der Waals surface area (Å²) in [4.78, 5) is 21.1. The molecule has 2 aromatic carbocycles. The SMILES string of the molecule is Cc1nc(C(=O)Nc2cccc3ncccc23)nn1-c1ccc(OC(F)F)cc1. The van der Waals surface area contributed by atoms with E-state index in [9.17, 15) is 13.6 Å². The highest BCUT2D eigenvalue weighted by atomic mass is 19.3. The lowest BCUT2D eigenvalue weighted by molar-refractivity contribution is -0.0498. The number of anilines is 1. The van der Waals surface area contributed by atoms with Crippen LogP contribution in [0.2, 0.25) is 0 Å². The molecule has 0 radical (unpaired) electrons. The second kappa shape index (κ2) is 7.63. The zero-order valence-electron chi connectivity index (χ0n) is 15.2. The van der Waals surface area contributed by atoms with Crippen molar-refractivity contribution in [2.45, 2.75) is 13.5 Å². The number of nitrogens with zero attached hydrogens (tertiary/aromatic N) is 4. The van der Waals surface area contributed by atoms with Crippen LogP contribution in [0.3, 0.4) is 0 Å². The summed E-state index contributed by atoms with van der Waals surface area (Å²) in [5, 5.41) is 7.84. The number of carbonyl (C=O) groups excluding carboxylic acids is 1. The Kier molecular flexibility index (Phi) is 4.86. The molecule has 0 spiro atoms. The summed E-state index contributed by atoms with van der Waals surface area (Å²) in [5.74, 6) is 0.0125. The van der Waals surface area contributed by atoms with E-state index in [0.29, 0.717) is 17.2 Å². The fourth-order valence-corrected chi connectivity index (χ4v) is 2.89. The number of fused-ring (bicyclic) bond motifs is 1. The zero-order chi connectivity index (χ0) is 20.4. The number of nitrogens with one attached hydrogen (secondary N) is 1. The average Bonchev–Trinajstić information content (AvgIpc) is 3.10. The second-order valence-electron chi connectivity index (χ2n) is 6.10. The van der Waals surface area contributed by atoms with Gasteiger partial charge in [-0.2, -0.15) is 8.78 Å². The quantitative estimate of drug-likeness (QED) is 0.553. The van der Waals surface area contributed by atoms with Crippen LogP contribution in [0.5, 0.6) is 5.75 Å². The number of carbonyl (C=O) groups is 1. The number of amides is 1. The third kappa shape index (κ3) is 3.88. The molecule has 146 valence electrons. The third-order valence-corrected chi connectivity index (χ3v) is 4.17. The Balaban J connectivity index is 1.58. The van der Waals surface area contributed by atoms with E-state index in [-0.39, 0.29) is 11.6 Å². The van der Waals surface area contributed by atoms with Crippen LogP contribution in [0.4, 0.5) is 14.5 Å². The van der Waals surface area contributed by atoms with Crippen molar-refractivity contribution in [3.05, 3.63) is 72.4 Å². The number of ether oxygens (including phenoxy) is 1. The topological polar surface area (TPSA) is 81.9 Å². The summed E-state index contributed by atoms with van der Waals surface area (Å²) in [6, 6.07) is 15.0. The van der Waals surface area contributed by atoms with Crippen LogP contribution in [-0.2, 0) is 0 Å². The molecule has 2 aromatic heterocycles. The molecule has 0 aliphatic carbocycles. The molecule has 9 heteroatoms. The fraction of sp³-hybridized carbons (Fsp3) is 0.100. The Labute approximate surface area is 164 Å². The molecule has 4 aromatic rings. The standard InChI is InChI=1S/C20H15F2N5O2/c1-12-24-18(26-27(12)13-7-9-14(10-8-13)29-20(21)22)19(28)25-17-6-2-5-16-15(17)4-3-11-23-16/h2-11,20H,1H3,(H,25,28). The van der Waals surface area contributed by atoms with Gasteiger partial charge in [-0.1, -0.05) is 6.07 Å². The van der Waals surface area contributed by atoms with E-state index in [4.69, 9.17) is 0 Å². The van der Waals surface area contributed by atoms with Gasteiger partial charge >= 0.3 is 6.61 Å². The Bertz CT molecular complexity index is 1170. The van der Waals surface area contributed by atoms with Gasteiger partial charge in [-0.15, -0.1) is 5.10 Å². The van der Waals surface area contributed by atoms with Gasteiger partial charge in [-0.05, 0) is 55.5 Å². The molecule has 4 rings (SSSR count). The number of alkyl halides is 2. The summed E-state index contributed by atoms with van der Waals surface area (Å²) >= 11 is 0. The van der Waals surface area contributed by atoms with Gasteiger partial charge in [-0.3, -0.25) is 9.78 Å². The van der Waals surface area contributed by atoms with Crippen molar-refractivity contribution in [1.29, 1.82) is 0 Å². The van der Waals surface area contributed by atoms with Gasteiger partial charge < -0.3 is 10.1 Å². The molecule has 0 aliphatic heterocycles. The monoisotopic (exact) mass is 395 g/mol. The molecule has 2 heterocycles. The highest BCUT2D eigenvalue weighted by Crippen LogP contribution is 2.22. The lowest BCUT2D eigenvalue weighted by Crippen LogP contribution is -2.14. The predicted molar refractivity (Wildman–Crippen MR) is 102 cm³/mol. The first kappa shape index (κ1) is 18.5. The largest absolute Gasteiger partial charge is 0.435 e. The molecule has 1 amide bonds. The van der Waals surface area contributed by atoms with Gasteiger partial charge in [0.2, 0.25) is 5.82 Å². The van der Waals surface area contributed by atoms with E-state index in [1.54, 1.807) is 43.5 Å². The molecule has 1 N–H and O–H groups in total. The minimum atomic E-state index is -2.89. The minimum absolute atomic E-state index is 0.0173. The molecule has 0 unspecified atom stereocenters. The summed E-state index contributed by atoms with van der Waals surface area (Å²) in [6.45, 7) is -1.21. The molecule has 0 fully saturated rings. The normalized spacial score (nSPS) is 11.0.